The average Bonchev–Trinajstić information content (AvgIpc) is 2.87. The molecular weight excluding hydrogens is 224 g/mol. The van der Waals surface area contributed by atoms with Crippen LogP contribution in [-0.2, 0) is 19.6 Å². The molecule has 1 heterocycles. The molecule has 18 heavy (non-hydrogen) atoms. The molecule has 0 amide bonds. The highest BCUT2D eigenvalue weighted by Crippen LogP contribution is 2.32. The number of hydrogen-bond acceptors (Lipinski definition) is 2. The van der Waals surface area contributed by atoms with E-state index < -0.39 is 0 Å². The van der Waals surface area contributed by atoms with Gasteiger partial charge >= 0.3 is 0 Å². The number of fused-ring (bicyclic) bond motifs is 1. The summed E-state index contributed by atoms with van der Waals surface area (Å²) in [4.78, 5) is 0. The molecule has 3 nitrogen and oxygen atoms in total. The third-order valence-corrected chi connectivity index (χ3v) is 3.77. The summed E-state index contributed by atoms with van der Waals surface area (Å²) in [7, 11) is 0. The Morgan fingerprint density at radius 1 is 1.33 bits per heavy atom. The molecule has 0 spiro atoms. The van der Waals surface area contributed by atoms with Crippen LogP contribution in [0.4, 0.5) is 0 Å². The van der Waals surface area contributed by atoms with Gasteiger partial charge in [-0.1, -0.05) is 24.3 Å². The van der Waals surface area contributed by atoms with Gasteiger partial charge in [0, 0.05) is 24.2 Å². The van der Waals surface area contributed by atoms with Gasteiger partial charge in [0.05, 0.1) is 12.8 Å². The number of hydrogen-bond donors (Lipinski definition) is 1. The van der Waals surface area contributed by atoms with Crippen LogP contribution in [0.15, 0.2) is 36.7 Å². The third-order valence-electron chi connectivity index (χ3n) is 3.77. The van der Waals surface area contributed by atoms with Crippen LogP contribution in [0.25, 0.3) is 0 Å². The minimum Gasteiger partial charge on any atom is -0.392 e. The summed E-state index contributed by atoms with van der Waals surface area (Å²) in [6.07, 6.45) is 7.38. The van der Waals surface area contributed by atoms with Crippen LogP contribution < -0.4 is 0 Å². The Morgan fingerprint density at radius 2 is 2.22 bits per heavy atom. The van der Waals surface area contributed by atoms with E-state index in [1.54, 1.807) is 6.20 Å². The van der Waals surface area contributed by atoms with E-state index in [2.05, 4.69) is 29.4 Å². The second-order valence-electron chi connectivity index (χ2n) is 5.02. The molecule has 1 aliphatic rings. The van der Waals surface area contributed by atoms with E-state index in [4.69, 9.17) is 5.11 Å². The van der Waals surface area contributed by atoms with Gasteiger partial charge in [-0.3, -0.25) is 4.68 Å². The molecule has 2 aromatic rings. The summed E-state index contributed by atoms with van der Waals surface area (Å²) < 4.78 is 1.96. The monoisotopic (exact) mass is 242 g/mol. The maximum absolute atomic E-state index is 9.06. The van der Waals surface area contributed by atoms with Crippen molar-refractivity contribution in [3.8, 4) is 0 Å². The smallest absolute Gasteiger partial charge is 0.0712 e. The van der Waals surface area contributed by atoms with Crippen molar-refractivity contribution in [1.82, 2.24) is 9.78 Å². The summed E-state index contributed by atoms with van der Waals surface area (Å²) in [5.41, 5.74) is 3.85. The van der Waals surface area contributed by atoms with Gasteiger partial charge in [0.15, 0.2) is 0 Å². The molecule has 3 rings (SSSR count). The van der Waals surface area contributed by atoms with Crippen molar-refractivity contribution in [3.63, 3.8) is 0 Å². The fraction of sp³-hybridized carbons (Fsp3) is 0.400. The molecule has 0 bridgehead atoms. The summed E-state index contributed by atoms with van der Waals surface area (Å²) in [5, 5.41) is 13.4. The van der Waals surface area contributed by atoms with Crippen LogP contribution in [-0.4, -0.2) is 14.9 Å². The maximum Gasteiger partial charge on any atom is 0.0712 e. The quantitative estimate of drug-likeness (QED) is 0.898. The first-order valence-corrected chi connectivity index (χ1v) is 6.57. The van der Waals surface area contributed by atoms with E-state index in [0.717, 1.165) is 12.1 Å². The van der Waals surface area contributed by atoms with E-state index in [9.17, 15) is 0 Å². The van der Waals surface area contributed by atoms with Crippen LogP contribution in [0, 0.1) is 0 Å². The largest absolute Gasteiger partial charge is 0.392 e. The molecule has 0 saturated carbocycles. The van der Waals surface area contributed by atoms with Crippen LogP contribution in [0.5, 0.6) is 0 Å². The highest BCUT2D eigenvalue weighted by Gasteiger charge is 2.20. The van der Waals surface area contributed by atoms with E-state index >= 15 is 0 Å². The highest BCUT2D eigenvalue weighted by molar-refractivity contribution is 5.32. The molecule has 94 valence electrons. The molecule has 1 atom stereocenters. The lowest BCUT2D eigenvalue weighted by atomic mass is 9.83. The number of aromatic nitrogens is 2. The Labute approximate surface area is 107 Å². The molecule has 1 N–H and O–H groups in total. The van der Waals surface area contributed by atoms with Crippen molar-refractivity contribution < 1.29 is 5.11 Å². The first kappa shape index (κ1) is 11.5. The van der Waals surface area contributed by atoms with Crippen LogP contribution >= 0.6 is 0 Å². The Bertz CT molecular complexity index is 533. The predicted molar refractivity (Wildman–Crippen MR) is 70.3 cm³/mol. The summed E-state index contributed by atoms with van der Waals surface area (Å²) in [6, 6.07) is 8.73. The SMILES string of the molecule is OCc1cnn(CC2CCCc3ccccc32)c1. The number of aliphatic hydroxyl groups excluding tert-OH is 1. The normalized spacial score (nSPS) is 18.6. The minimum atomic E-state index is 0.0707. The summed E-state index contributed by atoms with van der Waals surface area (Å²) in [6.45, 7) is 0.984. The van der Waals surface area contributed by atoms with Gasteiger partial charge in [-0.05, 0) is 30.4 Å². The molecule has 1 aromatic carbocycles. The van der Waals surface area contributed by atoms with Gasteiger partial charge < -0.3 is 5.11 Å². The zero-order chi connectivity index (χ0) is 12.4. The molecule has 0 fully saturated rings. The average molecular weight is 242 g/mol. The van der Waals surface area contributed by atoms with Crippen LogP contribution in [0.3, 0.4) is 0 Å². The van der Waals surface area contributed by atoms with Gasteiger partial charge in [-0.25, -0.2) is 0 Å². The van der Waals surface area contributed by atoms with E-state index in [0.29, 0.717) is 5.92 Å². The Kier molecular flexibility index (Phi) is 3.15. The van der Waals surface area contributed by atoms with Gasteiger partial charge in [-0.2, -0.15) is 5.10 Å². The lowest BCUT2D eigenvalue weighted by Crippen LogP contribution is -2.15. The van der Waals surface area contributed by atoms with Crippen molar-refractivity contribution in [2.45, 2.75) is 38.3 Å². The highest BCUT2D eigenvalue weighted by atomic mass is 16.3. The summed E-state index contributed by atoms with van der Waals surface area (Å²) in [5.74, 6) is 0.557. The van der Waals surface area contributed by atoms with Gasteiger partial charge in [-0.15, -0.1) is 0 Å². The van der Waals surface area contributed by atoms with E-state index in [-0.39, 0.29) is 6.61 Å². The van der Waals surface area contributed by atoms with Gasteiger partial charge in [0.2, 0.25) is 0 Å². The van der Waals surface area contributed by atoms with E-state index in [1.807, 2.05) is 10.9 Å². The van der Waals surface area contributed by atoms with Crippen molar-refractivity contribution in [1.29, 1.82) is 0 Å². The number of benzene rings is 1. The Hall–Kier alpha value is -1.61. The predicted octanol–water partition coefficient (Wildman–Crippen LogP) is 2.50. The second-order valence-corrected chi connectivity index (χ2v) is 5.02. The number of aryl methyl sites for hydroxylation is 1. The molecule has 0 aliphatic heterocycles. The molecule has 1 aromatic heterocycles. The lowest BCUT2D eigenvalue weighted by molar-refractivity contribution is 0.281. The zero-order valence-corrected chi connectivity index (χ0v) is 10.4. The topological polar surface area (TPSA) is 38.1 Å². The fourth-order valence-corrected chi connectivity index (χ4v) is 2.86. The standard InChI is InChI=1S/C15H18N2O/c18-11-12-8-16-17(9-12)10-14-6-3-5-13-4-1-2-7-15(13)14/h1-2,4,7-9,14,18H,3,5-6,10-11H2. The van der Waals surface area contributed by atoms with Gasteiger partial charge in [0.1, 0.15) is 0 Å². The molecule has 0 saturated heterocycles. The van der Waals surface area contributed by atoms with Crippen molar-refractivity contribution in [2.75, 3.05) is 0 Å². The fourth-order valence-electron chi connectivity index (χ4n) is 2.86. The molecule has 3 heteroatoms. The number of aliphatic hydroxyl groups is 1. The van der Waals surface area contributed by atoms with Crippen LogP contribution in [0.2, 0.25) is 0 Å². The third kappa shape index (κ3) is 2.18. The lowest BCUT2D eigenvalue weighted by Gasteiger charge is -2.25. The molecule has 1 unspecified atom stereocenters. The first-order chi connectivity index (χ1) is 8.86. The molecule has 1 aliphatic carbocycles. The second kappa shape index (κ2) is 4.94. The van der Waals surface area contributed by atoms with Crippen LogP contribution in [0.1, 0.15) is 35.4 Å². The van der Waals surface area contributed by atoms with Gasteiger partial charge in [0.25, 0.3) is 0 Å². The molecule has 0 radical (unpaired) electrons. The minimum absolute atomic E-state index is 0.0707. The first-order valence-electron chi connectivity index (χ1n) is 6.57. The number of nitrogens with zero attached hydrogens (tertiary/aromatic N) is 2. The maximum atomic E-state index is 9.06. The van der Waals surface area contributed by atoms with Crippen molar-refractivity contribution in [3.05, 3.63) is 53.3 Å². The van der Waals surface area contributed by atoms with Crippen molar-refractivity contribution in [2.24, 2.45) is 0 Å². The Morgan fingerprint density at radius 3 is 3.06 bits per heavy atom. The molecular formula is C15H18N2O. The van der Waals surface area contributed by atoms with Crippen molar-refractivity contribution >= 4 is 0 Å². The van der Waals surface area contributed by atoms with E-state index in [1.165, 1.54) is 30.4 Å². The zero-order valence-electron chi connectivity index (χ0n) is 10.4. The Balaban J connectivity index is 1.81. The number of rotatable bonds is 3. The summed E-state index contributed by atoms with van der Waals surface area (Å²) >= 11 is 0.